The number of fused-ring (bicyclic) bond motifs is 3. The number of hydrogen-bond acceptors (Lipinski definition) is 4. The van der Waals surface area contributed by atoms with Crippen molar-refractivity contribution in [2.45, 2.75) is 22.8 Å². The summed E-state index contributed by atoms with van der Waals surface area (Å²) >= 11 is 5.71. The Labute approximate surface area is 143 Å². The summed E-state index contributed by atoms with van der Waals surface area (Å²) in [6.07, 6.45) is 0.849. The maximum absolute atomic E-state index is 13.3. The molecule has 1 aromatic heterocycles. The van der Waals surface area contributed by atoms with Gasteiger partial charge in [0.05, 0.1) is 21.4 Å². The molecule has 0 unspecified atom stereocenters. The zero-order valence-electron chi connectivity index (χ0n) is 12.5. The maximum atomic E-state index is 13.3. The third-order valence-corrected chi connectivity index (χ3v) is 6.24. The van der Waals surface area contributed by atoms with Gasteiger partial charge in [-0.2, -0.15) is 0 Å². The van der Waals surface area contributed by atoms with Gasteiger partial charge in [-0.1, -0.05) is 11.6 Å². The summed E-state index contributed by atoms with van der Waals surface area (Å²) < 4.78 is 44.6. The number of furan rings is 1. The molecule has 0 atom stereocenters. The molecule has 0 fully saturated rings. The van der Waals surface area contributed by atoms with Crippen LogP contribution in [0.1, 0.15) is 11.3 Å². The summed E-state index contributed by atoms with van der Waals surface area (Å²) in [6, 6.07) is 8.20. The molecular formula is C17H13ClFNO3S. The first-order valence-electron chi connectivity index (χ1n) is 7.42. The van der Waals surface area contributed by atoms with Crippen molar-refractivity contribution in [3.63, 3.8) is 0 Å². The lowest BCUT2D eigenvalue weighted by atomic mass is 10.1. The molecule has 1 N–H and O–H groups in total. The number of halogens is 2. The Bertz CT molecular complexity index is 1060. The molecule has 1 aliphatic heterocycles. The summed E-state index contributed by atoms with van der Waals surface area (Å²) in [6.45, 7) is 1.51. The van der Waals surface area contributed by atoms with Gasteiger partial charge in [-0.3, -0.25) is 0 Å². The highest BCUT2D eigenvalue weighted by atomic mass is 35.5. The van der Waals surface area contributed by atoms with Gasteiger partial charge in [-0.05, 0) is 43.3 Å². The fraction of sp³-hybridized carbons (Fsp3) is 0.176. The fourth-order valence-corrected chi connectivity index (χ4v) is 4.51. The van der Waals surface area contributed by atoms with E-state index in [0.717, 1.165) is 41.8 Å². The van der Waals surface area contributed by atoms with Crippen molar-refractivity contribution in [3.8, 4) is 0 Å². The van der Waals surface area contributed by atoms with E-state index in [1.165, 1.54) is 12.1 Å². The monoisotopic (exact) mass is 365 g/mol. The normalized spacial score (nSPS) is 14.8. The van der Waals surface area contributed by atoms with Crippen LogP contribution in [0.4, 0.5) is 4.39 Å². The standard InChI is InChI=1S/C17H13ClFNO3S/c18-14-7-10(2-4-15(14)19)24(21,22)11-1-3-12-13-5-6-20-9-17(13)23-16(12)8-11/h1-4,7-8,20H,5-6,9H2. The lowest BCUT2D eigenvalue weighted by molar-refractivity contribution is 0.487. The van der Waals surface area contributed by atoms with Crippen LogP contribution >= 0.6 is 11.6 Å². The Balaban J connectivity index is 1.84. The second-order valence-corrected chi connectivity index (χ2v) is 8.02. The Morgan fingerprint density at radius 3 is 2.67 bits per heavy atom. The first kappa shape index (κ1) is 15.6. The van der Waals surface area contributed by atoms with Crippen LogP contribution in [0.15, 0.2) is 50.6 Å². The predicted octanol–water partition coefficient (Wildman–Crippen LogP) is 3.70. The summed E-state index contributed by atoms with van der Waals surface area (Å²) in [7, 11) is -3.80. The highest BCUT2D eigenvalue weighted by molar-refractivity contribution is 7.91. The molecule has 0 amide bonds. The predicted molar refractivity (Wildman–Crippen MR) is 88.5 cm³/mol. The minimum absolute atomic E-state index is 0.0498. The molecule has 7 heteroatoms. The highest BCUT2D eigenvalue weighted by Gasteiger charge is 2.22. The summed E-state index contributed by atoms with van der Waals surface area (Å²) in [5.41, 5.74) is 1.66. The van der Waals surface area contributed by atoms with E-state index >= 15 is 0 Å². The van der Waals surface area contributed by atoms with Crippen molar-refractivity contribution in [2.24, 2.45) is 0 Å². The van der Waals surface area contributed by atoms with Gasteiger partial charge < -0.3 is 9.73 Å². The van der Waals surface area contributed by atoms with Gasteiger partial charge in [0.1, 0.15) is 17.2 Å². The SMILES string of the molecule is O=S(=O)(c1ccc(F)c(Cl)c1)c1ccc2c3c(oc2c1)CNCC3. The van der Waals surface area contributed by atoms with Gasteiger partial charge in [-0.25, -0.2) is 12.8 Å². The van der Waals surface area contributed by atoms with Crippen LogP contribution in [0.25, 0.3) is 11.0 Å². The Kier molecular flexibility index (Phi) is 3.63. The van der Waals surface area contributed by atoms with Gasteiger partial charge in [0.2, 0.25) is 9.84 Å². The van der Waals surface area contributed by atoms with Gasteiger partial charge in [-0.15, -0.1) is 0 Å². The molecule has 4 rings (SSSR count). The van der Waals surface area contributed by atoms with E-state index in [0.29, 0.717) is 12.1 Å². The lowest BCUT2D eigenvalue weighted by Crippen LogP contribution is -2.22. The lowest BCUT2D eigenvalue weighted by Gasteiger charge is -2.10. The van der Waals surface area contributed by atoms with Gasteiger partial charge >= 0.3 is 0 Å². The van der Waals surface area contributed by atoms with Crippen LogP contribution in [0.2, 0.25) is 5.02 Å². The summed E-state index contributed by atoms with van der Waals surface area (Å²) in [5, 5.41) is 3.93. The number of hydrogen-bond donors (Lipinski definition) is 1. The van der Waals surface area contributed by atoms with Gasteiger partial charge in [0, 0.05) is 17.0 Å². The average Bonchev–Trinajstić information content (AvgIpc) is 2.95. The number of sulfone groups is 1. The minimum atomic E-state index is -3.80. The molecule has 2 aromatic carbocycles. The first-order chi connectivity index (χ1) is 11.5. The van der Waals surface area contributed by atoms with Crippen molar-refractivity contribution in [1.29, 1.82) is 0 Å². The first-order valence-corrected chi connectivity index (χ1v) is 9.28. The van der Waals surface area contributed by atoms with E-state index in [2.05, 4.69) is 5.32 Å². The van der Waals surface area contributed by atoms with Crippen LogP contribution in [-0.2, 0) is 22.8 Å². The van der Waals surface area contributed by atoms with E-state index in [1.807, 2.05) is 0 Å². The zero-order valence-corrected chi connectivity index (χ0v) is 14.0. The van der Waals surface area contributed by atoms with Gasteiger partial charge in [0.15, 0.2) is 0 Å². The maximum Gasteiger partial charge on any atom is 0.206 e. The summed E-state index contributed by atoms with van der Waals surface area (Å²) in [5.74, 6) is 0.188. The Morgan fingerprint density at radius 2 is 1.88 bits per heavy atom. The molecule has 1 aliphatic rings. The topological polar surface area (TPSA) is 59.3 Å². The molecule has 4 nitrogen and oxygen atoms in total. The number of nitrogens with one attached hydrogen (secondary N) is 1. The zero-order chi connectivity index (χ0) is 16.9. The quantitative estimate of drug-likeness (QED) is 0.703. The second kappa shape index (κ2) is 5.58. The third-order valence-electron chi connectivity index (χ3n) is 4.20. The molecule has 0 aliphatic carbocycles. The molecule has 0 saturated heterocycles. The fourth-order valence-electron chi connectivity index (χ4n) is 2.96. The van der Waals surface area contributed by atoms with Crippen molar-refractivity contribution in [2.75, 3.05) is 6.54 Å². The van der Waals surface area contributed by atoms with Crippen LogP contribution in [0.3, 0.4) is 0 Å². The second-order valence-electron chi connectivity index (χ2n) is 5.67. The van der Waals surface area contributed by atoms with Crippen LogP contribution < -0.4 is 5.32 Å². The molecule has 24 heavy (non-hydrogen) atoms. The van der Waals surface area contributed by atoms with Crippen molar-refractivity contribution in [3.05, 3.63) is 58.6 Å². The Morgan fingerprint density at radius 1 is 1.12 bits per heavy atom. The highest BCUT2D eigenvalue weighted by Crippen LogP contribution is 2.32. The molecule has 124 valence electrons. The minimum Gasteiger partial charge on any atom is -0.459 e. The van der Waals surface area contributed by atoms with Crippen molar-refractivity contribution >= 4 is 32.4 Å². The molecule has 3 aromatic rings. The van der Waals surface area contributed by atoms with E-state index in [1.54, 1.807) is 12.1 Å². The number of rotatable bonds is 2. The molecule has 0 radical (unpaired) electrons. The molecule has 2 heterocycles. The van der Waals surface area contributed by atoms with Crippen molar-refractivity contribution in [1.82, 2.24) is 5.32 Å². The molecular weight excluding hydrogens is 353 g/mol. The molecule has 0 bridgehead atoms. The number of benzene rings is 2. The van der Waals surface area contributed by atoms with Gasteiger partial charge in [0.25, 0.3) is 0 Å². The Hall–Kier alpha value is -1.89. The smallest absolute Gasteiger partial charge is 0.206 e. The van der Waals surface area contributed by atoms with Crippen LogP contribution in [0.5, 0.6) is 0 Å². The average molecular weight is 366 g/mol. The van der Waals surface area contributed by atoms with Crippen LogP contribution in [0, 0.1) is 5.82 Å². The third kappa shape index (κ3) is 2.42. The van der Waals surface area contributed by atoms with Crippen LogP contribution in [-0.4, -0.2) is 15.0 Å². The van der Waals surface area contributed by atoms with E-state index < -0.39 is 15.7 Å². The molecule has 0 spiro atoms. The largest absolute Gasteiger partial charge is 0.459 e. The van der Waals surface area contributed by atoms with E-state index in [4.69, 9.17) is 16.0 Å². The van der Waals surface area contributed by atoms with E-state index in [9.17, 15) is 12.8 Å². The van der Waals surface area contributed by atoms with E-state index in [-0.39, 0.29) is 14.8 Å². The molecule has 0 saturated carbocycles. The summed E-state index contributed by atoms with van der Waals surface area (Å²) in [4.78, 5) is 0.0444. The van der Waals surface area contributed by atoms with Crippen molar-refractivity contribution < 1.29 is 17.2 Å².